The first kappa shape index (κ1) is 19.9. The van der Waals surface area contributed by atoms with E-state index in [9.17, 15) is 4.79 Å². The Morgan fingerprint density at radius 1 is 1.25 bits per heavy atom. The largest absolute Gasteiger partial charge is 0.379 e. The fraction of sp³-hybridized carbons (Fsp3) is 0.667. The normalized spacial score (nSPS) is 18.8. The first-order chi connectivity index (χ1) is 13.4. The molecule has 1 saturated heterocycles. The maximum absolute atomic E-state index is 12.7. The average molecular weight is 404 g/mol. The molecule has 2 fully saturated rings. The lowest BCUT2D eigenvalue weighted by atomic mass is 10.1. The summed E-state index contributed by atoms with van der Waals surface area (Å²) in [5.74, 6) is 0.597. The Kier molecular flexibility index (Phi) is 5.78. The first-order valence-electron chi connectivity index (χ1n) is 10.5. The lowest BCUT2D eigenvalue weighted by Gasteiger charge is -2.27. The average Bonchev–Trinajstić information content (AvgIpc) is 3.42. The second kappa shape index (κ2) is 8.14. The second-order valence-corrected chi connectivity index (χ2v) is 15.0. The molecule has 28 heavy (non-hydrogen) atoms. The van der Waals surface area contributed by atoms with E-state index in [1.54, 1.807) is 0 Å². The summed E-state index contributed by atoms with van der Waals surface area (Å²) in [6.45, 7) is 12.5. The predicted molar refractivity (Wildman–Crippen MR) is 115 cm³/mol. The molecule has 3 heterocycles. The molecule has 154 valence electrons. The zero-order chi connectivity index (χ0) is 19.7. The van der Waals surface area contributed by atoms with Crippen LogP contribution >= 0.6 is 0 Å². The Labute approximate surface area is 167 Å². The van der Waals surface area contributed by atoms with E-state index in [1.807, 2.05) is 6.20 Å². The van der Waals surface area contributed by atoms with E-state index in [1.165, 1.54) is 24.1 Å². The van der Waals surface area contributed by atoms with Gasteiger partial charge in [-0.2, -0.15) is 0 Å². The van der Waals surface area contributed by atoms with Gasteiger partial charge in [-0.05, 0) is 36.4 Å². The summed E-state index contributed by atoms with van der Waals surface area (Å²) in [6, 6.07) is 3.37. The number of aromatic amines is 1. The minimum Gasteiger partial charge on any atom is -0.379 e. The molecule has 2 aliphatic rings. The molecule has 0 atom stereocenters. The van der Waals surface area contributed by atoms with Gasteiger partial charge in [-0.1, -0.05) is 19.6 Å². The molecule has 0 aromatic carbocycles. The Balaban J connectivity index is 1.63. The molecule has 0 spiro atoms. The Hall–Kier alpha value is -1.41. The molecular formula is C21H33N3O3Si. The lowest BCUT2D eigenvalue weighted by Crippen LogP contribution is -2.36. The highest BCUT2D eigenvalue weighted by Gasteiger charge is 2.28. The molecule has 4 rings (SSSR count). The number of rotatable bonds is 8. The fourth-order valence-corrected chi connectivity index (χ4v) is 4.65. The summed E-state index contributed by atoms with van der Waals surface area (Å²) in [5, 5.41) is 1.11. The number of hydrogen-bond donors (Lipinski definition) is 1. The minimum absolute atomic E-state index is 0.0126. The van der Waals surface area contributed by atoms with Gasteiger partial charge in [0.05, 0.1) is 13.2 Å². The molecule has 0 bridgehead atoms. The smallest absolute Gasteiger partial charge is 0.272 e. The van der Waals surface area contributed by atoms with E-state index in [-0.39, 0.29) is 5.56 Å². The van der Waals surface area contributed by atoms with E-state index in [0.29, 0.717) is 12.6 Å². The number of hydrogen-bond acceptors (Lipinski definition) is 4. The van der Waals surface area contributed by atoms with Gasteiger partial charge in [0.25, 0.3) is 5.56 Å². The molecule has 6 nitrogen and oxygen atoms in total. The molecule has 1 aliphatic heterocycles. The number of pyridine rings is 1. The van der Waals surface area contributed by atoms with Crippen molar-refractivity contribution in [3.05, 3.63) is 33.9 Å². The van der Waals surface area contributed by atoms with Crippen molar-refractivity contribution < 1.29 is 9.47 Å². The summed E-state index contributed by atoms with van der Waals surface area (Å²) in [4.78, 5) is 18.1. The number of H-pyrrole nitrogens is 1. The van der Waals surface area contributed by atoms with Crippen LogP contribution in [0, 0.1) is 0 Å². The molecule has 0 radical (unpaired) electrons. The first-order valence-corrected chi connectivity index (χ1v) is 14.2. The Morgan fingerprint density at radius 2 is 2.00 bits per heavy atom. The van der Waals surface area contributed by atoms with Gasteiger partial charge < -0.3 is 19.0 Å². The van der Waals surface area contributed by atoms with Gasteiger partial charge in [-0.3, -0.25) is 9.69 Å². The van der Waals surface area contributed by atoms with Gasteiger partial charge in [0.1, 0.15) is 12.2 Å². The molecule has 0 amide bonds. The van der Waals surface area contributed by atoms with E-state index >= 15 is 0 Å². The van der Waals surface area contributed by atoms with Crippen LogP contribution in [0.3, 0.4) is 0 Å². The van der Waals surface area contributed by atoms with Crippen molar-refractivity contribution in [3.63, 3.8) is 0 Å². The van der Waals surface area contributed by atoms with Crippen LogP contribution in [0.15, 0.2) is 17.1 Å². The van der Waals surface area contributed by atoms with E-state index in [4.69, 9.17) is 9.47 Å². The third-order valence-corrected chi connectivity index (χ3v) is 7.49. The van der Waals surface area contributed by atoms with Crippen molar-refractivity contribution in [2.24, 2.45) is 0 Å². The Morgan fingerprint density at radius 3 is 2.68 bits per heavy atom. The zero-order valence-electron chi connectivity index (χ0n) is 17.4. The van der Waals surface area contributed by atoms with Crippen molar-refractivity contribution in [2.75, 3.05) is 32.9 Å². The highest BCUT2D eigenvalue weighted by Crippen LogP contribution is 2.42. The van der Waals surface area contributed by atoms with E-state index in [2.05, 4.69) is 40.2 Å². The van der Waals surface area contributed by atoms with Gasteiger partial charge in [0, 0.05) is 51.6 Å². The van der Waals surface area contributed by atoms with Crippen molar-refractivity contribution in [3.8, 4) is 0 Å². The molecule has 0 unspecified atom stereocenters. The predicted octanol–water partition coefficient (Wildman–Crippen LogP) is 3.35. The topological polar surface area (TPSA) is 59.5 Å². The van der Waals surface area contributed by atoms with Gasteiger partial charge in [-0.15, -0.1) is 0 Å². The molecule has 1 saturated carbocycles. The number of aromatic nitrogens is 2. The highest BCUT2D eigenvalue weighted by molar-refractivity contribution is 6.76. The van der Waals surface area contributed by atoms with Crippen LogP contribution in [0.1, 0.15) is 30.0 Å². The summed E-state index contributed by atoms with van der Waals surface area (Å²) in [6.07, 6.45) is 4.37. The number of nitrogens with one attached hydrogen (secondary N) is 1. The SMILES string of the molecule is C[Si](C)(C)CCOCn1c(CN2CCOCC2)cc2c(C3CC3)c[nH]c(=O)c21. The summed E-state index contributed by atoms with van der Waals surface area (Å²) in [7, 11) is -1.13. The fourth-order valence-electron chi connectivity index (χ4n) is 3.89. The maximum Gasteiger partial charge on any atom is 0.272 e. The van der Waals surface area contributed by atoms with Crippen molar-refractivity contribution in [1.29, 1.82) is 0 Å². The second-order valence-electron chi connectivity index (χ2n) is 9.41. The van der Waals surface area contributed by atoms with E-state index in [0.717, 1.165) is 56.4 Å². The molecule has 2 aromatic heterocycles. The molecule has 2 aromatic rings. The van der Waals surface area contributed by atoms with Crippen molar-refractivity contribution in [1.82, 2.24) is 14.5 Å². The zero-order valence-corrected chi connectivity index (χ0v) is 18.4. The highest BCUT2D eigenvalue weighted by atomic mass is 28.3. The number of nitrogens with zero attached hydrogens (tertiary/aromatic N) is 2. The minimum atomic E-state index is -1.13. The summed E-state index contributed by atoms with van der Waals surface area (Å²) < 4.78 is 13.7. The maximum atomic E-state index is 12.7. The van der Waals surface area contributed by atoms with Crippen LogP contribution in [0.2, 0.25) is 25.7 Å². The summed E-state index contributed by atoms with van der Waals surface area (Å²) in [5.41, 5.74) is 3.23. The molecule has 1 N–H and O–H groups in total. The quantitative estimate of drug-likeness (QED) is 0.542. The van der Waals surface area contributed by atoms with Crippen LogP contribution in [-0.2, 0) is 22.7 Å². The number of morpholine rings is 1. The van der Waals surface area contributed by atoms with Crippen LogP contribution in [0.4, 0.5) is 0 Å². The van der Waals surface area contributed by atoms with Crippen LogP contribution in [0.25, 0.3) is 10.9 Å². The van der Waals surface area contributed by atoms with Gasteiger partial charge >= 0.3 is 0 Å². The van der Waals surface area contributed by atoms with Crippen molar-refractivity contribution in [2.45, 2.75) is 57.7 Å². The monoisotopic (exact) mass is 403 g/mol. The van der Waals surface area contributed by atoms with Crippen molar-refractivity contribution >= 4 is 19.0 Å². The molecular weight excluding hydrogens is 370 g/mol. The van der Waals surface area contributed by atoms with Crippen LogP contribution in [0.5, 0.6) is 0 Å². The number of ether oxygens (including phenoxy) is 2. The Bertz CT molecular complexity index is 873. The van der Waals surface area contributed by atoms with E-state index < -0.39 is 8.07 Å². The third kappa shape index (κ3) is 4.59. The standard InChI is InChI=1S/C21H33N3O3Si/c1-28(2,3)11-10-27-15-24-17(14-23-6-8-26-9-7-23)12-18-19(16-4-5-16)13-22-21(25)20(18)24/h12-13,16H,4-11,14-15H2,1-3H3,(H,22,25). The molecule has 7 heteroatoms. The van der Waals surface area contributed by atoms with Crippen LogP contribution < -0.4 is 5.56 Å². The van der Waals surface area contributed by atoms with Gasteiger partial charge in [0.15, 0.2) is 0 Å². The van der Waals surface area contributed by atoms with Crippen LogP contribution in [-0.4, -0.2) is 55.4 Å². The van der Waals surface area contributed by atoms with Gasteiger partial charge in [-0.25, -0.2) is 0 Å². The molecule has 1 aliphatic carbocycles. The van der Waals surface area contributed by atoms with Gasteiger partial charge in [0.2, 0.25) is 0 Å². The number of fused-ring (bicyclic) bond motifs is 1. The summed E-state index contributed by atoms with van der Waals surface area (Å²) >= 11 is 0. The third-order valence-electron chi connectivity index (χ3n) is 5.79. The lowest BCUT2D eigenvalue weighted by molar-refractivity contribution is 0.0312.